The summed E-state index contributed by atoms with van der Waals surface area (Å²) in [5, 5.41) is 4.27. The van der Waals surface area contributed by atoms with Crippen molar-refractivity contribution in [2.24, 2.45) is 5.41 Å². The molecule has 0 spiro atoms. The molecule has 0 radical (unpaired) electrons. The summed E-state index contributed by atoms with van der Waals surface area (Å²) in [6.45, 7) is 7.32. The quantitative estimate of drug-likeness (QED) is 0.143. The van der Waals surface area contributed by atoms with E-state index in [1.807, 2.05) is 13.0 Å². The van der Waals surface area contributed by atoms with E-state index in [1.54, 1.807) is 23.1 Å². The van der Waals surface area contributed by atoms with Gasteiger partial charge in [-0.3, -0.25) is 9.11 Å². The molecular formula is C39H42N2O7S4. The van der Waals surface area contributed by atoms with Crippen LogP contribution in [0.1, 0.15) is 45.1 Å². The number of thiophene rings is 1. The molecule has 3 aliphatic rings. The van der Waals surface area contributed by atoms with Crippen molar-refractivity contribution in [1.29, 1.82) is 0 Å². The monoisotopic (exact) mass is 778 g/mol. The molecule has 4 aromatic rings. The molecule has 3 aromatic carbocycles. The standard InChI is InChI=1S/C39H42N2O7S4/c1-26-9-12-36-33(19-26)41(15-6-18-52(45,46)47)38(50-36)22-28-20-27(24-39(2,3)25-28)21-37-40(14-5-17-51(42,43)44)32-23-29(10-11-34(32)48-37)30-7-4-8-35-31(30)13-16-49-35/h4,7-13,16,19-23,37H,5-6,14-15,17-18,24-25H2,1-3H3,(H,42,43,44)(H,45,46,47)/b27-21-,38-22-. The van der Waals surface area contributed by atoms with Crippen molar-refractivity contribution in [3.63, 3.8) is 0 Å². The minimum absolute atomic E-state index is 0.0663. The zero-order valence-electron chi connectivity index (χ0n) is 29.3. The molecule has 1 aromatic heterocycles. The first-order valence-electron chi connectivity index (χ1n) is 17.2. The maximum atomic E-state index is 11.7. The van der Waals surface area contributed by atoms with Crippen LogP contribution >= 0.6 is 23.1 Å². The van der Waals surface area contributed by atoms with Gasteiger partial charge in [-0.1, -0.05) is 56.0 Å². The highest BCUT2D eigenvalue weighted by atomic mass is 32.2. The number of nitrogens with zero attached hydrogens (tertiary/aromatic N) is 2. The molecule has 2 N–H and O–H groups in total. The van der Waals surface area contributed by atoms with Gasteiger partial charge in [0.1, 0.15) is 5.75 Å². The van der Waals surface area contributed by atoms with Crippen LogP contribution in [0, 0.1) is 12.3 Å². The molecule has 1 atom stereocenters. The second-order valence-corrected chi connectivity index (χ2v) is 19.6. The fourth-order valence-corrected chi connectivity index (χ4v) is 10.3. The molecule has 1 unspecified atom stereocenters. The molecule has 3 heterocycles. The van der Waals surface area contributed by atoms with E-state index in [4.69, 9.17) is 4.74 Å². The van der Waals surface area contributed by atoms with E-state index in [-0.39, 0.29) is 29.8 Å². The number of anilines is 2. The predicted octanol–water partition coefficient (Wildman–Crippen LogP) is 9.08. The van der Waals surface area contributed by atoms with Crippen LogP contribution in [0.3, 0.4) is 0 Å². The molecule has 274 valence electrons. The fraction of sp³-hybridized carbons (Fsp3) is 0.333. The van der Waals surface area contributed by atoms with Crippen LogP contribution in [0.5, 0.6) is 5.75 Å². The Morgan fingerprint density at radius 1 is 0.923 bits per heavy atom. The van der Waals surface area contributed by atoms with Gasteiger partial charge < -0.3 is 14.5 Å². The lowest BCUT2D eigenvalue weighted by Crippen LogP contribution is -2.35. The van der Waals surface area contributed by atoms with Crippen LogP contribution < -0.4 is 14.5 Å². The zero-order chi connectivity index (χ0) is 36.8. The normalized spacial score (nSPS) is 20.0. The van der Waals surface area contributed by atoms with Gasteiger partial charge in [0.05, 0.1) is 27.9 Å². The summed E-state index contributed by atoms with van der Waals surface area (Å²) >= 11 is 3.35. The zero-order valence-corrected chi connectivity index (χ0v) is 32.5. The minimum Gasteiger partial charge on any atom is -0.465 e. The maximum absolute atomic E-state index is 11.7. The molecule has 7 rings (SSSR count). The summed E-state index contributed by atoms with van der Waals surface area (Å²) < 4.78 is 73.1. The average Bonchev–Trinajstić information content (AvgIpc) is 3.75. The van der Waals surface area contributed by atoms with Gasteiger partial charge in [0.25, 0.3) is 20.2 Å². The van der Waals surface area contributed by atoms with Gasteiger partial charge in [-0.15, -0.1) is 11.3 Å². The third-order valence-corrected chi connectivity index (χ3v) is 13.1. The smallest absolute Gasteiger partial charge is 0.264 e. The second-order valence-electron chi connectivity index (χ2n) is 14.5. The third kappa shape index (κ3) is 8.45. The molecule has 52 heavy (non-hydrogen) atoms. The van der Waals surface area contributed by atoms with Gasteiger partial charge >= 0.3 is 0 Å². The number of thioether (sulfide) groups is 1. The summed E-state index contributed by atoms with van der Waals surface area (Å²) in [6.07, 6.45) is 8.20. The van der Waals surface area contributed by atoms with E-state index >= 15 is 0 Å². The van der Waals surface area contributed by atoms with Gasteiger partial charge in [-0.2, -0.15) is 16.8 Å². The first-order chi connectivity index (χ1) is 24.6. The highest BCUT2D eigenvalue weighted by Gasteiger charge is 2.33. The molecule has 0 saturated carbocycles. The van der Waals surface area contributed by atoms with E-state index in [1.165, 1.54) is 10.1 Å². The number of fused-ring (bicyclic) bond motifs is 3. The predicted molar refractivity (Wildman–Crippen MR) is 213 cm³/mol. The second kappa shape index (κ2) is 14.3. The average molecular weight is 779 g/mol. The minimum atomic E-state index is -4.13. The molecule has 2 aliphatic heterocycles. The van der Waals surface area contributed by atoms with E-state index in [9.17, 15) is 25.9 Å². The molecule has 0 amide bonds. The Morgan fingerprint density at radius 3 is 2.46 bits per heavy atom. The maximum Gasteiger partial charge on any atom is 0.264 e. The number of benzene rings is 3. The van der Waals surface area contributed by atoms with Crippen molar-refractivity contribution in [3.05, 3.63) is 106 Å². The van der Waals surface area contributed by atoms with Gasteiger partial charge in [-0.25, -0.2) is 0 Å². The van der Waals surface area contributed by atoms with Crippen LogP contribution in [0.15, 0.2) is 105 Å². The summed E-state index contributed by atoms with van der Waals surface area (Å²) in [6, 6.07) is 20.8. The first kappa shape index (κ1) is 36.8. The lowest BCUT2D eigenvalue weighted by atomic mass is 9.75. The number of rotatable bonds is 11. The van der Waals surface area contributed by atoms with Crippen LogP contribution in [-0.4, -0.2) is 56.8 Å². The lowest BCUT2D eigenvalue weighted by Gasteiger charge is -2.32. The highest BCUT2D eigenvalue weighted by molar-refractivity contribution is 8.03. The van der Waals surface area contributed by atoms with Crippen molar-refractivity contribution in [1.82, 2.24) is 0 Å². The molecule has 1 aliphatic carbocycles. The van der Waals surface area contributed by atoms with Crippen molar-refractivity contribution in [2.75, 3.05) is 34.4 Å². The molecule has 0 fully saturated rings. The highest BCUT2D eigenvalue weighted by Crippen LogP contribution is 2.49. The van der Waals surface area contributed by atoms with Crippen molar-refractivity contribution < 1.29 is 30.7 Å². The Bertz CT molecular complexity index is 2340. The number of ether oxygens (including phenoxy) is 1. The Balaban J connectivity index is 1.21. The topological polar surface area (TPSA) is 124 Å². The van der Waals surface area contributed by atoms with Crippen molar-refractivity contribution in [2.45, 2.75) is 57.6 Å². The van der Waals surface area contributed by atoms with E-state index in [2.05, 4.69) is 102 Å². The van der Waals surface area contributed by atoms with Crippen molar-refractivity contribution >= 4 is 64.8 Å². The largest absolute Gasteiger partial charge is 0.465 e. The summed E-state index contributed by atoms with van der Waals surface area (Å²) in [5.41, 5.74) is 7.33. The van der Waals surface area contributed by atoms with Gasteiger partial charge in [0.2, 0.25) is 0 Å². The Morgan fingerprint density at radius 2 is 1.69 bits per heavy atom. The Kier molecular flexibility index (Phi) is 10.1. The summed E-state index contributed by atoms with van der Waals surface area (Å²) in [5.74, 6) is 0.0642. The number of aryl methyl sites for hydroxylation is 1. The van der Waals surface area contributed by atoms with E-state index in [0.29, 0.717) is 18.8 Å². The SMILES string of the molecule is Cc1ccc2c(c1)N(CCCS(=O)(=O)O)/C(=C/C1=CC(=C/C3Oc4ccc(-c5cccc6sccc56)cc4N3CCCS(=O)(=O)O)/CC(C)(C)C1)S2. The molecule has 0 bridgehead atoms. The Hall–Kier alpha value is -3.59. The molecule has 0 saturated heterocycles. The van der Waals surface area contributed by atoms with Crippen LogP contribution in [0.2, 0.25) is 0 Å². The van der Waals surface area contributed by atoms with Crippen LogP contribution in [-0.2, 0) is 20.2 Å². The molecule has 9 nitrogen and oxygen atoms in total. The summed E-state index contributed by atoms with van der Waals surface area (Å²) in [4.78, 5) is 5.33. The number of hydrogen-bond acceptors (Lipinski definition) is 9. The van der Waals surface area contributed by atoms with Gasteiger partial charge in [-0.05, 0) is 120 Å². The van der Waals surface area contributed by atoms with Crippen molar-refractivity contribution in [3.8, 4) is 16.9 Å². The third-order valence-electron chi connectivity index (χ3n) is 9.50. The Labute approximate surface area is 314 Å². The number of hydrogen-bond donors (Lipinski definition) is 2. The lowest BCUT2D eigenvalue weighted by molar-refractivity contribution is 0.269. The van der Waals surface area contributed by atoms with Gasteiger partial charge in [0, 0.05) is 28.1 Å². The van der Waals surface area contributed by atoms with E-state index < -0.39 is 26.5 Å². The summed E-state index contributed by atoms with van der Waals surface area (Å²) in [7, 11) is -8.20. The fourth-order valence-electron chi connectivity index (χ4n) is 7.38. The molecule has 13 heteroatoms. The van der Waals surface area contributed by atoms with Gasteiger partial charge in [0.15, 0.2) is 6.23 Å². The van der Waals surface area contributed by atoms with E-state index in [0.717, 1.165) is 62.0 Å². The molecular weight excluding hydrogens is 737 g/mol. The number of allylic oxidation sites excluding steroid dienone is 4. The van der Waals surface area contributed by atoms with Crippen LogP contribution in [0.4, 0.5) is 11.4 Å². The van der Waals surface area contributed by atoms with Crippen LogP contribution in [0.25, 0.3) is 21.2 Å². The first-order valence-corrected chi connectivity index (χ1v) is 22.2.